The molecule has 0 spiro atoms. The number of benzene rings is 1. The Morgan fingerprint density at radius 3 is 3.00 bits per heavy atom. The lowest BCUT2D eigenvalue weighted by molar-refractivity contribution is 0.316. The third-order valence-corrected chi connectivity index (χ3v) is 1.92. The summed E-state index contributed by atoms with van der Waals surface area (Å²) in [6.45, 7) is 0.371. The Morgan fingerprint density at radius 1 is 1.58 bits per heavy atom. The zero-order valence-corrected chi connectivity index (χ0v) is 7.86. The molecular weight excluding hydrogens is 194 g/mol. The molecule has 0 unspecified atom stereocenters. The summed E-state index contributed by atoms with van der Waals surface area (Å²) < 4.78 is 4.91. The van der Waals surface area contributed by atoms with Gasteiger partial charge in [-0.3, -0.25) is 0 Å². The van der Waals surface area contributed by atoms with Crippen LogP contribution in [0.5, 0.6) is 0 Å². The van der Waals surface area contributed by atoms with Crippen molar-refractivity contribution in [2.75, 3.05) is 5.73 Å². The number of nitrogens with two attached hydrogens (primary N) is 1. The topological polar surface area (TPSA) is 35.2 Å². The van der Waals surface area contributed by atoms with Crippen LogP contribution in [0.15, 0.2) is 18.2 Å². The summed E-state index contributed by atoms with van der Waals surface area (Å²) in [4.78, 5) is 0. The maximum atomic E-state index is 5.78. The lowest BCUT2D eigenvalue weighted by Gasteiger charge is -2.05. The molecule has 0 aliphatic carbocycles. The number of thiocarbonyl (C=S) groups is 1. The molecule has 2 N–H and O–H groups in total. The van der Waals surface area contributed by atoms with E-state index in [0.717, 1.165) is 5.56 Å². The predicted octanol–water partition coefficient (Wildman–Crippen LogP) is 2.40. The highest BCUT2D eigenvalue weighted by Gasteiger charge is 2.01. The quantitative estimate of drug-likeness (QED) is 0.603. The van der Waals surface area contributed by atoms with E-state index >= 15 is 0 Å². The monoisotopic (exact) mass is 201 g/mol. The van der Waals surface area contributed by atoms with Gasteiger partial charge in [-0.15, -0.1) is 0 Å². The first-order valence-electron chi connectivity index (χ1n) is 3.34. The van der Waals surface area contributed by atoms with Gasteiger partial charge in [-0.05, 0) is 18.3 Å². The van der Waals surface area contributed by atoms with Crippen LogP contribution in [0.1, 0.15) is 5.56 Å². The fraction of sp³-hybridized carbons (Fsp3) is 0.125. The average molecular weight is 202 g/mol. The second-order valence-electron chi connectivity index (χ2n) is 2.22. The molecular formula is C8H8ClNOS. The molecule has 0 aromatic heterocycles. The highest BCUT2D eigenvalue weighted by Crippen LogP contribution is 2.22. The van der Waals surface area contributed by atoms with Crippen LogP contribution in [0.2, 0.25) is 5.02 Å². The predicted molar refractivity (Wildman–Crippen MR) is 54.3 cm³/mol. The van der Waals surface area contributed by atoms with Crippen molar-refractivity contribution in [1.82, 2.24) is 0 Å². The van der Waals surface area contributed by atoms with E-state index in [9.17, 15) is 0 Å². The third-order valence-electron chi connectivity index (χ3n) is 1.45. The smallest absolute Gasteiger partial charge is 0.146 e. The van der Waals surface area contributed by atoms with E-state index in [1.165, 1.54) is 5.55 Å². The van der Waals surface area contributed by atoms with Gasteiger partial charge in [-0.25, -0.2) is 0 Å². The number of nitrogen functional groups attached to an aromatic ring is 1. The van der Waals surface area contributed by atoms with E-state index in [1.54, 1.807) is 6.07 Å². The number of hydrogen-bond donors (Lipinski definition) is 1. The van der Waals surface area contributed by atoms with E-state index in [4.69, 9.17) is 22.1 Å². The zero-order chi connectivity index (χ0) is 8.97. The first kappa shape index (κ1) is 9.29. The normalized spacial score (nSPS) is 9.42. The van der Waals surface area contributed by atoms with Crippen molar-refractivity contribution in [3.63, 3.8) is 0 Å². The standard InChI is InChI=1S/C8H8ClNOS/c9-7-3-1-2-6(8(7)10)4-11-5-12/h1-3,5H,4,10H2. The van der Waals surface area contributed by atoms with Gasteiger partial charge in [0.15, 0.2) is 0 Å². The Kier molecular flexibility index (Phi) is 3.31. The summed E-state index contributed by atoms with van der Waals surface area (Å²) >= 11 is 10.3. The maximum Gasteiger partial charge on any atom is 0.146 e. The molecule has 0 heterocycles. The minimum atomic E-state index is 0.371. The summed E-state index contributed by atoms with van der Waals surface area (Å²) in [5.41, 5.74) is 8.27. The van der Waals surface area contributed by atoms with Gasteiger partial charge in [0.05, 0.1) is 10.7 Å². The molecule has 0 bridgehead atoms. The molecule has 2 nitrogen and oxygen atoms in total. The Bertz CT molecular complexity index is 290. The zero-order valence-electron chi connectivity index (χ0n) is 6.29. The van der Waals surface area contributed by atoms with Gasteiger partial charge in [0.25, 0.3) is 0 Å². The molecule has 0 amide bonds. The van der Waals surface area contributed by atoms with Crippen LogP contribution < -0.4 is 5.73 Å². The van der Waals surface area contributed by atoms with Crippen LogP contribution in [-0.4, -0.2) is 5.55 Å². The van der Waals surface area contributed by atoms with Crippen molar-refractivity contribution in [2.45, 2.75) is 6.61 Å². The maximum absolute atomic E-state index is 5.78. The highest BCUT2D eigenvalue weighted by molar-refractivity contribution is 7.78. The van der Waals surface area contributed by atoms with Gasteiger partial charge in [-0.2, -0.15) is 0 Å². The minimum absolute atomic E-state index is 0.371. The number of halogens is 1. The van der Waals surface area contributed by atoms with E-state index < -0.39 is 0 Å². The van der Waals surface area contributed by atoms with Crippen molar-refractivity contribution in [3.05, 3.63) is 28.8 Å². The number of ether oxygens (including phenoxy) is 1. The first-order chi connectivity index (χ1) is 5.75. The van der Waals surface area contributed by atoms with E-state index in [-0.39, 0.29) is 0 Å². The molecule has 1 aromatic carbocycles. The van der Waals surface area contributed by atoms with Crippen molar-refractivity contribution < 1.29 is 4.74 Å². The van der Waals surface area contributed by atoms with Crippen molar-refractivity contribution in [1.29, 1.82) is 0 Å². The van der Waals surface area contributed by atoms with E-state index in [1.807, 2.05) is 12.1 Å². The second kappa shape index (κ2) is 4.28. The summed E-state index contributed by atoms with van der Waals surface area (Å²) in [6, 6.07) is 5.40. The van der Waals surface area contributed by atoms with Gasteiger partial charge in [0, 0.05) is 5.56 Å². The molecule has 64 valence electrons. The number of para-hydroxylation sites is 1. The number of hydrogen-bond acceptors (Lipinski definition) is 3. The molecule has 0 aliphatic heterocycles. The van der Waals surface area contributed by atoms with Gasteiger partial charge in [-0.1, -0.05) is 23.7 Å². The molecule has 0 atom stereocenters. The van der Waals surface area contributed by atoms with E-state index in [2.05, 4.69) is 12.2 Å². The fourth-order valence-electron chi connectivity index (χ4n) is 0.831. The molecule has 1 aromatic rings. The number of rotatable bonds is 3. The Hall–Kier alpha value is -0.800. The minimum Gasteiger partial charge on any atom is -0.485 e. The Morgan fingerprint density at radius 2 is 2.33 bits per heavy atom. The van der Waals surface area contributed by atoms with Crippen LogP contribution in [0.4, 0.5) is 5.69 Å². The van der Waals surface area contributed by atoms with Crippen molar-refractivity contribution >= 4 is 35.1 Å². The lowest BCUT2D eigenvalue weighted by atomic mass is 10.2. The van der Waals surface area contributed by atoms with Crippen LogP contribution in [0.25, 0.3) is 0 Å². The third kappa shape index (κ3) is 2.09. The molecule has 12 heavy (non-hydrogen) atoms. The summed E-state index contributed by atoms with van der Waals surface area (Å²) in [5, 5.41) is 0.542. The summed E-state index contributed by atoms with van der Waals surface area (Å²) in [5.74, 6) is 0. The van der Waals surface area contributed by atoms with Crippen LogP contribution in [-0.2, 0) is 11.3 Å². The SMILES string of the molecule is Nc1c(Cl)cccc1COC=S. The largest absolute Gasteiger partial charge is 0.485 e. The van der Waals surface area contributed by atoms with Crippen molar-refractivity contribution in [2.24, 2.45) is 0 Å². The molecule has 4 heteroatoms. The molecule has 0 fully saturated rings. The van der Waals surface area contributed by atoms with Crippen LogP contribution in [0.3, 0.4) is 0 Å². The van der Waals surface area contributed by atoms with Crippen molar-refractivity contribution in [3.8, 4) is 0 Å². The second-order valence-corrected chi connectivity index (χ2v) is 2.82. The molecule has 0 radical (unpaired) electrons. The first-order valence-corrected chi connectivity index (χ1v) is 4.18. The molecule has 0 aliphatic rings. The summed E-state index contributed by atoms with van der Waals surface area (Å²) in [7, 11) is 0. The number of anilines is 1. The van der Waals surface area contributed by atoms with Crippen LogP contribution in [0, 0.1) is 0 Å². The molecule has 0 saturated heterocycles. The Labute approximate surface area is 81.3 Å². The molecule has 1 rings (SSSR count). The fourth-order valence-corrected chi connectivity index (χ4v) is 1.09. The highest BCUT2D eigenvalue weighted by atomic mass is 35.5. The van der Waals surface area contributed by atoms with E-state index in [0.29, 0.717) is 17.3 Å². The van der Waals surface area contributed by atoms with Gasteiger partial charge >= 0.3 is 0 Å². The molecule has 0 saturated carbocycles. The van der Waals surface area contributed by atoms with Gasteiger partial charge in [0.1, 0.15) is 12.2 Å². The average Bonchev–Trinajstić information content (AvgIpc) is 2.08. The Balaban J connectivity index is 2.84. The van der Waals surface area contributed by atoms with Crippen LogP contribution >= 0.6 is 23.8 Å². The van der Waals surface area contributed by atoms with Gasteiger partial charge < -0.3 is 10.5 Å². The van der Waals surface area contributed by atoms with Gasteiger partial charge in [0.2, 0.25) is 0 Å². The lowest BCUT2D eigenvalue weighted by Crippen LogP contribution is -1.96. The summed E-state index contributed by atoms with van der Waals surface area (Å²) in [6.07, 6.45) is 0.